The minimum absolute atomic E-state index is 0.0611. The molecule has 0 fully saturated rings. The van der Waals surface area contributed by atoms with E-state index in [1.54, 1.807) is 18.2 Å². The van der Waals surface area contributed by atoms with Crippen molar-refractivity contribution < 1.29 is 14.7 Å². The molecule has 0 saturated heterocycles. The lowest BCUT2D eigenvalue weighted by molar-refractivity contribution is 0.0995. The zero-order valence-electron chi connectivity index (χ0n) is 16.8. The van der Waals surface area contributed by atoms with Crippen molar-refractivity contribution in [1.82, 2.24) is 9.97 Å². The number of amides is 2. The van der Waals surface area contributed by atoms with E-state index >= 15 is 0 Å². The zero-order valence-corrected chi connectivity index (χ0v) is 16.8. The summed E-state index contributed by atoms with van der Waals surface area (Å²) >= 11 is 0. The van der Waals surface area contributed by atoms with E-state index in [2.05, 4.69) is 34.4 Å². The molecular weight excluding hydrogens is 372 g/mol. The minimum Gasteiger partial charge on any atom is -0.395 e. The van der Waals surface area contributed by atoms with Gasteiger partial charge in [0.05, 0.1) is 6.61 Å². The van der Waals surface area contributed by atoms with Gasteiger partial charge < -0.3 is 26.4 Å². The number of carbonyl (C=O) groups excluding carboxylic acids is 2. The Bertz CT molecular complexity index is 837. The molecule has 156 valence electrons. The van der Waals surface area contributed by atoms with Gasteiger partial charge in [-0.2, -0.15) is 4.98 Å². The lowest BCUT2D eigenvalue weighted by Gasteiger charge is -2.22. The Labute approximate surface area is 170 Å². The molecule has 0 spiro atoms. The smallest absolute Gasteiger partial charge is 0.274 e. The van der Waals surface area contributed by atoms with E-state index in [0.29, 0.717) is 29.6 Å². The number of hydrogen-bond acceptors (Lipinski definition) is 7. The maximum atomic E-state index is 12.8. The highest BCUT2D eigenvalue weighted by atomic mass is 16.3. The monoisotopic (exact) mass is 400 g/mol. The van der Waals surface area contributed by atoms with Gasteiger partial charge in [0.1, 0.15) is 11.5 Å². The molecule has 0 radical (unpaired) electrons. The topological polar surface area (TPSA) is 133 Å². The molecule has 9 heteroatoms. The van der Waals surface area contributed by atoms with Crippen LogP contribution in [0.1, 0.15) is 47.5 Å². The van der Waals surface area contributed by atoms with Crippen molar-refractivity contribution >= 4 is 29.3 Å². The predicted octanol–water partition coefficient (Wildman–Crippen LogP) is 1.86. The van der Waals surface area contributed by atoms with Gasteiger partial charge in [-0.1, -0.05) is 19.9 Å². The molecule has 5 N–H and O–H groups in total. The molecule has 0 unspecified atom stereocenters. The van der Waals surface area contributed by atoms with E-state index in [1.165, 1.54) is 12.1 Å². The standard InChI is InChI=1S/C20H28N6O3/c1-3-9-26(10-4-2)20-24-16(13-17(25-20)22-8-11-27)19(29)23-15-7-5-6-14(12-15)18(21)28/h5-7,12-13,27H,3-4,8-11H2,1-2H3,(H2,21,28)(H,23,29)(H,22,24,25). The number of primary amides is 1. The fourth-order valence-electron chi connectivity index (χ4n) is 2.76. The first kappa shape index (κ1) is 22.1. The lowest BCUT2D eigenvalue weighted by atomic mass is 10.2. The van der Waals surface area contributed by atoms with E-state index < -0.39 is 11.8 Å². The average molecular weight is 400 g/mol. The molecule has 0 aliphatic rings. The molecule has 0 atom stereocenters. The summed E-state index contributed by atoms with van der Waals surface area (Å²) in [6.07, 6.45) is 1.83. The van der Waals surface area contributed by atoms with Gasteiger partial charge in [0, 0.05) is 37.0 Å². The summed E-state index contributed by atoms with van der Waals surface area (Å²) in [6, 6.07) is 7.92. The number of aliphatic hydroxyl groups excluding tert-OH is 1. The second-order valence-electron chi connectivity index (χ2n) is 6.48. The number of nitrogens with zero attached hydrogens (tertiary/aromatic N) is 3. The Kier molecular flexibility index (Phi) is 8.35. The van der Waals surface area contributed by atoms with Gasteiger partial charge in [0.25, 0.3) is 5.91 Å². The summed E-state index contributed by atoms with van der Waals surface area (Å²) in [4.78, 5) is 35.1. The summed E-state index contributed by atoms with van der Waals surface area (Å²) in [5.74, 6) is -0.101. The van der Waals surface area contributed by atoms with E-state index in [-0.39, 0.29) is 12.3 Å². The van der Waals surface area contributed by atoms with Crippen LogP contribution in [-0.4, -0.2) is 53.1 Å². The molecule has 0 bridgehead atoms. The number of aromatic nitrogens is 2. The first-order valence-electron chi connectivity index (χ1n) is 9.68. The van der Waals surface area contributed by atoms with Crippen LogP contribution < -0.4 is 21.3 Å². The van der Waals surface area contributed by atoms with Crippen LogP contribution in [0.2, 0.25) is 0 Å². The second-order valence-corrected chi connectivity index (χ2v) is 6.48. The number of hydrogen-bond donors (Lipinski definition) is 4. The molecule has 2 rings (SSSR count). The summed E-state index contributed by atoms with van der Waals surface area (Å²) in [6.45, 7) is 5.90. The Morgan fingerprint density at radius 1 is 1.14 bits per heavy atom. The maximum absolute atomic E-state index is 12.8. The Morgan fingerprint density at radius 2 is 1.86 bits per heavy atom. The fourth-order valence-corrected chi connectivity index (χ4v) is 2.76. The average Bonchev–Trinajstić information content (AvgIpc) is 2.72. The number of benzene rings is 1. The van der Waals surface area contributed by atoms with Gasteiger partial charge in [0.15, 0.2) is 0 Å². The maximum Gasteiger partial charge on any atom is 0.274 e. The van der Waals surface area contributed by atoms with Crippen LogP contribution in [0.4, 0.5) is 17.5 Å². The first-order valence-corrected chi connectivity index (χ1v) is 9.68. The van der Waals surface area contributed by atoms with Crippen molar-refractivity contribution in [3.05, 3.63) is 41.6 Å². The summed E-state index contributed by atoms with van der Waals surface area (Å²) in [5.41, 5.74) is 6.21. The Hall–Kier alpha value is -3.20. The van der Waals surface area contributed by atoms with Crippen LogP contribution in [0.3, 0.4) is 0 Å². The largest absolute Gasteiger partial charge is 0.395 e. The molecule has 1 aromatic heterocycles. The third-order valence-electron chi connectivity index (χ3n) is 4.04. The number of carbonyl (C=O) groups is 2. The second kappa shape index (κ2) is 11.0. The molecular formula is C20H28N6O3. The van der Waals surface area contributed by atoms with Crippen LogP contribution in [0.5, 0.6) is 0 Å². The number of nitrogens with one attached hydrogen (secondary N) is 2. The third-order valence-corrected chi connectivity index (χ3v) is 4.04. The van der Waals surface area contributed by atoms with Crippen LogP contribution in [0.25, 0.3) is 0 Å². The quantitative estimate of drug-likeness (QED) is 0.452. The van der Waals surface area contributed by atoms with E-state index in [1.807, 2.05) is 4.90 Å². The molecule has 0 aliphatic heterocycles. The molecule has 0 aliphatic carbocycles. The van der Waals surface area contributed by atoms with Crippen LogP contribution >= 0.6 is 0 Å². The SMILES string of the molecule is CCCN(CCC)c1nc(NCCO)cc(C(=O)Nc2cccc(C(N)=O)c2)n1. The van der Waals surface area contributed by atoms with E-state index in [4.69, 9.17) is 10.8 Å². The molecule has 1 aromatic carbocycles. The van der Waals surface area contributed by atoms with Crippen LogP contribution in [0, 0.1) is 0 Å². The molecule has 9 nitrogen and oxygen atoms in total. The van der Waals surface area contributed by atoms with Crippen molar-refractivity contribution in [3.63, 3.8) is 0 Å². The fraction of sp³-hybridized carbons (Fsp3) is 0.400. The third kappa shape index (κ3) is 6.42. The highest BCUT2D eigenvalue weighted by Gasteiger charge is 2.16. The minimum atomic E-state index is -0.573. The van der Waals surface area contributed by atoms with Crippen LogP contribution in [-0.2, 0) is 0 Å². The normalized spacial score (nSPS) is 10.4. The predicted molar refractivity (Wildman–Crippen MR) is 113 cm³/mol. The van der Waals surface area contributed by atoms with Crippen molar-refractivity contribution in [2.75, 3.05) is 41.8 Å². The molecule has 0 saturated carbocycles. The summed E-state index contributed by atoms with van der Waals surface area (Å²) in [7, 11) is 0. The van der Waals surface area contributed by atoms with Gasteiger partial charge in [-0.3, -0.25) is 9.59 Å². The highest BCUT2D eigenvalue weighted by molar-refractivity contribution is 6.04. The number of nitrogens with two attached hydrogens (primary N) is 1. The Morgan fingerprint density at radius 3 is 2.48 bits per heavy atom. The van der Waals surface area contributed by atoms with Gasteiger partial charge in [-0.25, -0.2) is 4.98 Å². The van der Waals surface area contributed by atoms with Crippen molar-refractivity contribution in [3.8, 4) is 0 Å². The van der Waals surface area contributed by atoms with Crippen molar-refractivity contribution in [2.45, 2.75) is 26.7 Å². The molecule has 1 heterocycles. The lowest BCUT2D eigenvalue weighted by Crippen LogP contribution is -2.28. The number of anilines is 3. The summed E-state index contributed by atoms with van der Waals surface area (Å²) in [5, 5.41) is 14.8. The Balaban J connectivity index is 2.33. The number of aliphatic hydroxyl groups is 1. The molecule has 2 amide bonds. The molecule has 29 heavy (non-hydrogen) atoms. The number of rotatable bonds is 11. The van der Waals surface area contributed by atoms with E-state index in [0.717, 1.165) is 25.9 Å². The van der Waals surface area contributed by atoms with Gasteiger partial charge >= 0.3 is 0 Å². The first-order chi connectivity index (χ1) is 14.0. The van der Waals surface area contributed by atoms with E-state index in [9.17, 15) is 9.59 Å². The van der Waals surface area contributed by atoms with Crippen molar-refractivity contribution in [1.29, 1.82) is 0 Å². The van der Waals surface area contributed by atoms with Crippen molar-refractivity contribution in [2.24, 2.45) is 5.73 Å². The molecule has 2 aromatic rings. The van der Waals surface area contributed by atoms with Gasteiger partial charge in [-0.15, -0.1) is 0 Å². The highest BCUT2D eigenvalue weighted by Crippen LogP contribution is 2.17. The van der Waals surface area contributed by atoms with Gasteiger partial charge in [-0.05, 0) is 31.0 Å². The zero-order chi connectivity index (χ0) is 21.2. The van der Waals surface area contributed by atoms with Crippen LogP contribution in [0.15, 0.2) is 30.3 Å². The summed E-state index contributed by atoms with van der Waals surface area (Å²) < 4.78 is 0. The van der Waals surface area contributed by atoms with Gasteiger partial charge in [0.2, 0.25) is 11.9 Å².